The molecule has 4 aromatic rings. The van der Waals surface area contributed by atoms with Crippen molar-refractivity contribution in [3.8, 4) is 16.9 Å². The highest BCUT2D eigenvalue weighted by Crippen LogP contribution is 2.35. The lowest BCUT2D eigenvalue weighted by molar-refractivity contribution is -0.137. The Kier molecular flexibility index (Phi) is 5.40. The number of amides is 1. The van der Waals surface area contributed by atoms with Crippen molar-refractivity contribution in [2.24, 2.45) is 0 Å². The Labute approximate surface area is 203 Å². The van der Waals surface area contributed by atoms with Gasteiger partial charge in [0.2, 0.25) is 0 Å². The van der Waals surface area contributed by atoms with Gasteiger partial charge < -0.3 is 14.8 Å². The van der Waals surface area contributed by atoms with E-state index in [0.717, 1.165) is 34.3 Å². The number of fused-ring (bicyclic) bond motifs is 3. The van der Waals surface area contributed by atoms with Crippen LogP contribution in [-0.2, 0) is 30.5 Å². The SMILES string of the molecule is O=C(N[C@H]1COc2ccc(C(F)(F)F)cc2C1)c1nn2c(c1-c1ccc3cccnc3c1)COCC2. The normalized spacial score (nSPS) is 17.2. The zero-order valence-corrected chi connectivity index (χ0v) is 19.0. The van der Waals surface area contributed by atoms with Crippen molar-refractivity contribution < 1.29 is 27.4 Å². The minimum atomic E-state index is -4.45. The molecule has 1 N–H and O–H groups in total. The van der Waals surface area contributed by atoms with Crippen molar-refractivity contribution in [3.63, 3.8) is 0 Å². The smallest absolute Gasteiger partial charge is 0.416 e. The van der Waals surface area contributed by atoms with Gasteiger partial charge in [0.1, 0.15) is 12.4 Å². The van der Waals surface area contributed by atoms with Crippen LogP contribution in [0.15, 0.2) is 54.7 Å². The average Bonchev–Trinajstić information content (AvgIpc) is 3.27. The first kappa shape index (κ1) is 22.5. The van der Waals surface area contributed by atoms with E-state index in [9.17, 15) is 18.0 Å². The van der Waals surface area contributed by atoms with E-state index in [0.29, 0.717) is 36.6 Å². The van der Waals surface area contributed by atoms with Gasteiger partial charge in [0.25, 0.3) is 5.91 Å². The number of halogens is 3. The Hall–Kier alpha value is -3.92. The summed E-state index contributed by atoms with van der Waals surface area (Å²) in [4.78, 5) is 17.9. The topological polar surface area (TPSA) is 78.3 Å². The monoisotopic (exact) mass is 494 g/mol. The number of carbonyl (C=O) groups excluding carboxylic acids is 1. The van der Waals surface area contributed by atoms with Crippen molar-refractivity contribution in [1.82, 2.24) is 20.1 Å². The maximum absolute atomic E-state index is 13.4. The standard InChI is InChI=1S/C26H21F3N4O3/c27-26(28,29)18-5-6-22-17(10-18)11-19(13-36-22)31-25(34)24-23(21-14-35-9-8-33(21)32-24)16-4-3-15-2-1-7-30-20(15)12-16/h1-7,10,12,19H,8-9,11,13-14H2,(H,31,34)/t19-/m1/s1. The van der Waals surface area contributed by atoms with Crippen molar-refractivity contribution in [3.05, 3.63) is 77.2 Å². The highest BCUT2D eigenvalue weighted by molar-refractivity contribution is 6.01. The Balaban J connectivity index is 1.31. The van der Waals surface area contributed by atoms with E-state index in [2.05, 4.69) is 15.4 Å². The quantitative estimate of drug-likeness (QED) is 0.458. The second-order valence-corrected chi connectivity index (χ2v) is 8.86. The van der Waals surface area contributed by atoms with Gasteiger partial charge in [-0.1, -0.05) is 18.2 Å². The second kappa shape index (κ2) is 8.63. The van der Waals surface area contributed by atoms with Crippen LogP contribution in [0.4, 0.5) is 13.2 Å². The predicted octanol–water partition coefficient (Wildman–Crippen LogP) is 4.38. The maximum Gasteiger partial charge on any atom is 0.416 e. The first-order chi connectivity index (χ1) is 17.4. The zero-order chi connectivity index (χ0) is 24.9. The minimum absolute atomic E-state index is 0.149. The third-order valence-electron chi connectivity index (χ3n) is 6.48. The van der Waals surface area contributed by atoms with E-state index < -0.39 is 23.7 Å². The third-order valence-corrected chi connectivity index (χ3v) is 6.48. The zero-order valence-electron chi connectivity index (χ0n) is 19.0. The molecule has 0 bridgehead atoms. The molecule has 0 fully saturated rings. The van der Waals surface area contributed by atoms with Crippen LogP contribution in [0.2, 0.25) is 0 Å². The number of rotatable bonds is 3. The van der Waals surface area contributed by atoms with Crippen LogP contribution in [0.25, 0.3) is 22.0 Å². The molecule has 1 amide bonds. The molecule has 2 aliphatic heterocycles. The van der Waals surface area contributed by atoms with Gasteiger partial charge in [-0.05, 0) is 47.9 Å². The van der Waals surface area contributed by atoms with Gasteiger partial charge >= 0.3 is 6.18 Å². The van der Waals surface area contributed by atoms with Gasteiger partial charge in [-0.3, -0.25) is 14.5 Å². The molecule has 0 spiro atoms. The van der Waals surface area contributed by atoms with E-state index in [1.807, 2.05) is 30.3 Å². The lowest BCUT2D eigenvalue weighted by Gasteiger charge is -2.26. The molecule has 36 heavy (non-hydrogen) atoms. The van der Waals surface area contributed by atoms with Crippen LogP contribution in [0.3, 0.4) is 0 Å². The molecule has 4 heterocycles. The summed E-state index contributed by atoms with van der Waals surface area (Å²) in [5, 5.41) is 8.46. The summed E-state index contributed by atoms with van der Waals surface area (Å²) < 4.78 is 52.6. The number of ether oxygens (including phenoxy) is 2. The molecule has 0 saturated carbocycles. The molecule has 2 aromatic carbocycles. The molecule has 7 nitrogen and oxygen atoms in total. The molecular formula is C26H21F3N4O3. The summed E-state index contributed by atoms with van der Waals surface area (Å²) in [7, 11) is 0. The van der Waals surface area contributed by atoms with E-state index in [-0.39, 0.29) is 18.7 Å². The first-order valence-electron chi connectivity index (χ1n) is 11.5. The molecule has 1 atom stereocenters. The summed E-state index contributed by atoms with van der Waals surface area (Å²) >= 11 is 0. The molecule has 0 unspecified atom stereocenters. The fourth-order valence-corrected chi connectivity index (χ4v) is 4.75. The number of aromatic nitrogens is 3. The van der Waals surface area contributed by atoms with Gasteiger partial charge in [0.05, 0.1) is 42.6 Å². The number of hydrogen-bond donors (Lipinski definition) is 1. The molecular weight excluding hydrogens is 473 g/mol. The third kappa shape index (κ3) is 4.07. The Morgan fingerprint density at radius 1 is 1.14 bits per heavy atom. The van der Waals surface area contributed by atoms with Crippen LogP contribution in [0.1, 0.15) is 27.3 Å². The van der Waals surface area contributed by atoms with Gasteiger partial charge in [-0.15, -0.1) is 0 Å². The van der Waals surface area contributed by atoms with Crippen LogP contribution >= 0.6 is 0 Å². The summed E-state index contributed by atoms with van der Waals surface area (Å²) in [6.45, 7) is 1.47. The summed E-state index contributed by atoms with van der Waals surface area (Å²) in [5.41, 5.74) is 2.93. The average molecular weight is 494 g/mol. The predicted molar refractivity (Wildman–Crippen MR) is 125 cm³/mol. The molecule has 0 aliphatic carbocycles. The number of alkyl halides is 3. The summed E-state index contributed by atoms with van der Waals surface area (Å²) in [6, 6.07) is 12.5. The lowest BCUT2D eigenvalue weighted by atomic mass is 9.98. The Morgan fingerprint density at radius 2 is 2.03 bits per heavy atom. The number of benzene rings is 2. The van der Waals surface area contributed by atoms with Crippen molar-refractivity contribution in [1.29, 1.82) is 0 Å². The first-order valence-corrected chi connectivity index (χ1v) is 11.5. The molecule has 184 valence electrons. The number of hydrogen-bond acceptors (Lipinski definition) is 5. The molecule has 0 radical (unpaired) electrons. The molecule has 10 heteroatoms. The minimum Gasteiger partial charge on any atom is -0.491 e. The van der Waals surface area contributed by atoms with Crippen LogP contribution in [-0.4, -0.2) is 39.9 Å². The van der Waals surface area contributed by atoms with Crippen molar-refractivity contribution >= 4 is 16.8 Å². The van der Waals surface area contributed by atoms with Gasteiger partial charge in [-0.2, -0.15) is 18.3 Å². The van der Waals surface area contributed by atoms with Gasteiger partial charge in [-0.25, -0.2) is 0 Å². The summed E-state index contributed by atoms with van der Waals surface area (Å²) in [6.07, 6.45) is -2.52. The number of nitrogens with zero attached hydrogens (tertiary/aromatic N) is 3. The van der Waals surface area contributed by atoms with Crippen LogP contribution in [0.5, 0.6) is 5.75 Å². The maximum atomic E-state index is 13.4. The fourth-order valence-electron chi connectivity index (χ4n) is 4.75. The van der Waals surface area contributed by atoms with Crippen LogP contribution in [0, 0.1) is 0 Å². The highest BCUT2D eigenvalue weighted by Gasteiger charge is 2.33. The number of pyridine rings is 1. The molecule has 2 aliphatic rings. The van der Waals surface area contributed by atoms with Crippen molar-refractivity contribution in [2.45, 2.75) is 31.8 Å². The number of carbonyl (C=O) groups is 1. The Bertz CT molecular complexity index is 1480. The van der Waals surface area contributed by atoms with Crippen LogP contribution < -0.4 is 10.1 Å². The van der Waals surface area contributed by atoms with E-state index in [1.54, 1.807) is 10.9 Å². The van der Waals surface area contributed by atoms with Gasteiger partial charge in [0, 0.05) is 17.1 Å². The molecule has 6 rings (SSSR count). The second-order valence-electron chi connectivity index (χ2n) is 8.86. The largest absolute Gasteiger partial charge is 0.491 e. The van der Waals surface area contributed by atoms with Crippen molar-refractivity contribution in [2.75, 3.05) is 13.2 Å². The van der Waals surface area contributed by atoms with E-state index in [1.165, 1.54) is 6.07 Å². The lowest BCUT2D eigenvalue weighted by Crippen LogP contribution is -2.43. The highest BCUT2D eigenvalue weighted by atomic mass is 19.4. The molecule has 2 aromatic heterocycles. The molecule has 0 saturated heterocycles. The number of nitrogens with one attached hydrogen (secondary N) is 1. The van der Waals surface area contributed by atoms with E-state index in [4.69, 9.17) is 9.47 Å². The van der Waals surface area contributed by atoms with E-state index >= 15 is 0 Å². The van der Waals surface area contributed by atoms with Gasteiger partial charge in [0.15, 0.2) is 5.69 Å². The summed E-state index contributed by atoms with van der Waals surface area (Å²) in [5.74, 6) is -0.0236. The Morgan fingerprint density at radius 3 is 2.89 bits per heavy atom. The fraction of sp³-hybridized carbons (Fsp3) is 0.269.